The summed E-state index contributed by atoms with van der Waals surface area (Å²) < 4.78 is 5.31. The lowest BCUT2D eigenvalue weighted by Crippen LogP contribution is -2.56. The molecule has 1 heterocycles. The van der Waals surface area contributed by atoms with Crippen LogP contribution < -0.4 is 5.73 Å². The van der Waals surface area contributed by atoms with Gasteiger partial charge in [-0.15, -0.1) is 0 Å². The standard InChI is InChI=1S/C12H24N2O2/c1-4-7-12(2,13)11(15)14-8-5-6-10(9-14)16-3/h10H,4-9,13H2,1-3H3. The first kappa shape index (κ1) is 13.5. The molecular weight excluding hydrogens is 204 g/mol. The number of nitrogens with zero attached hydrogens (tertiary/aromatic N) is 1. The Bertz CT molecular complexity index is 241. The molecule has 1 aliphatic heterocycles. The predicted molar refractivity (Wildman–Crippen MR) is 64.1 cm³/mol. The number of hydrogen-bond acceptors (Lipinski definition) is 3. The molecule has 2 atom stereocenters. The van der Waals surface area contributed by atoms with Crippen LogP contribution in [0, 0.1) is 0 Å². The van der Waals surface area contributed by atoms with Crippen molar-refractivity contribution in [3.05, 3.63) is 0 Å². The Hall–Kier alpha value is -0.610. The molecule has 0 aromatic carbocycles. The summed E-state index contributed by atoms with van der Waals surface area (Å²) in [5.74, 6) is 0.0658. The van der Waals surface area contributed by atoms with Crippen LogP contribution in [0.2, 0.25) is 0 Å². The summed E-state index contributed by atoms with van der Waals surface area (Å²) in [6.07, 6.45) is 3.89. The second-order valence-electron chi connectivity index (χ2n) is 4.92. The van der Waals surface area contributed by atoms with E-state index >= 15 is 0 Å². The maximum absolute atomic E-state index is 12.2. The van der Waals surface area contributed by atoms with Crippen LogP contribution in [-0.2, 0) is 9.53 Å². The van der Waals surface area contributed by atoms with Crippen molar-refractivity contribution in [1.29, 1.82) is 0 Å². The van der Waals surface area contributed by atoms with E-state index in [0.717, 1.165) is 32.2 Å². The van der Waals surface area contributed by atoms with Gasteiger partial charge in [0.25, 0.3) is 0 Å². The molecule has 4 heteroatoms. The van der Waals surface area contributed by atoms with Crippen LogP contribution >= 0.6 is 0 Å². The lowest BCUT2D eigenvalue weighted by molar-refractivity contribution is -0.140. The third-order valence-electron chi connectivity index (χ3n) is 3.26. The van der Waals surface area contributed by atoms with Crippen molar-refractivity contribution < 1.29 is 9.53 Å². The van der Waals surface area contributed by atoms with E-state index in [1.54, 1.807) is 7.11 Å². The topological polar surface area (TPSA) is 55.6 Å². The quantitative estimate of drug-likeness (QED) is 0.785. The highest BCUT2D eigenvalue weighted by molar-refractivity contribution is 5.85. The van der Waals surface area contributed by atoms with Crippen LogP contribution in [0.15, 0.2) is 0 Å². The van der Waals surface area contributed by atoms with Gasteiger partial charge in [0.1, 0.15) is 0 Å². The lowest BCUT2D eigenvalue weighted by atomic mass is 9.94. The fourth-order valence-electron chi connectivity index (χ4n) is 2.30. The van der Waals surface area contributed by atoms with Crippen LogP contribution in [0.4, 0.5) is 0 Å². The monoisotopic (exact) mass is 228 g/mol. The molecular formula is C12H24N2O2. The van der Waals surface area contributed by atoms with Crippen molar-refractivity contribution in [2.24, 2.45) is 5.73 Å². The fourth-order valence-corrected chi connectivity index (χ4v) is 2.30. The Morgan fingerprint density at radius 2 is 2.31 bits per heavy atom. The van der Waals surface area contributed by atoms with Gasteiger partial charge in [-0.2, -0.15) is 0 Å². The summed E-state index contributed by atoms with van der Waals surface area (Å²) in [5, 5.41) is 0. The molecule has 2 N–H and O–H groups in total. The highest BCUT2D eigenvalue weighted by Crippen LogP contribution is 2.18. The molecule has 1 rings (SSSR count). The van der Waals surface area contributed by atoms with E-state index in [-0.39, 0.29) is 12.0 Å². The Morgan fingerprint density at radius 1 is 1.62 bits per heavy atom. The maximum Gasteiger partial charge on any atom is 0.242 e. The van der Waals surface area contributed by atoms with Gasteiger partial charge in [-0.1, -0.05) is 13.3 Å². The van der Waals surface area contributed by atoms with E-state index in [9.17, 15) is 4.79 Å². The van der Waals surface area contributed by atoms with E-state index < -0.39 is 5.54 Å². The minimum Gasteiger partial charge on any atom is -0.380 e. The molecule has 0 bridgehead atoms. The van der Waals surface area contributed by atoms with Crippen molar-refractivity contribution in [1.82, 2.24) is 4.90 Å². The molecule has 0 aromatic rings. The minimum absolute atomic E-state index is 0.0658. The van der Waals surface area contributed by atoms with Gasteiger partial charge < -0.3 is 15.4 Å². The van der Waals surface area contributed by atoms with Gasteiger partial charge in [0.15, 0.2) is 0 Å². The summed E-state index contributed by atoms with van der Waals surface area (Å²) in [4.78, 5) is 14.1. The third kappa shape index (κ3) is 3.19. The number of ether oxygens (including phenoxy) is 1. The second kappa shape index (κ2) is 5.64. The molecule has 0 aliphatic carbocycles. The van der Waals surface area contributed by atoms with E-state index in [0.29, 0.717) is 6.54 Å². The number of carbonyl (C=O) groups excluding carboxylic acids is 1. The highest BCUT2D eigenvalue weighted by Gasteiger charge is 2.34. The summed E-state index contributed by atoms with van der Waals surface area (Å²) in [6.45, 7) is 5.38. The van der Waals surface area contributed by atoms with Crippen molar-refractivity contribution in [2.45, 2.75) is 51.2 Å². The average molecular weight is 228 g/mol. The zero-order valence-corrected chi connectivity index (χ0v) is 10.7. The van der Waals surface area contributed by atoms with Crippen molar-refractivity contribution in [3.63, 3.8) is 0 Å². The fraction of sp³-hybridized carbons (Fsp3) is 0.917. The molecule has 1 amide bonds. The SMILES string of the molecule is CCCC(C)(N)C(=O)N1CCCC(OC)C1. The summed E-state index contributed by atoms with van der Waals surface area (Å²) >= 11 is 0. The Morgan fingerprint density at radius 3 is 2.88 bits per heavy atom. The van der Waals surface area contributed by atoms with Crippen LogP contribution in [0.25, 0.3) is 0 Å². The van der Waals surface area contributed by atoms with Gasteiger partial charge in [-0.3, -0.25) is 4.79 Å². The molecule has 0 spiro atoms. The number of hydrogen-bond donors (Lipinski definition) is 1. The lowest BCUT2D eigenvalue weighted by Gasteiger charge is -2.36. The molecule has 16 heavy (non-hydrogen) atoms. The number of carbonyl (C=O) groups is 1. The zero-order chi connectivity index (χ0) is 12.2. The van der Waals surface area contributed by atoms with Gasteiger partial charge in [-0.05, 0) is 26.2 Å². The van der Waals surface area contributed by atoms with Crippen LogP contribution in [-0.4, -0.2) is 42.6 Å². The number of rotatable bonds is 4. The predicted octanol–water partition coefficient (Wildman–Crippen LogP) is 1.14. The maximum atomic E-state index is 12.2. The number of amides is 1. The van der Waals surface area contributed by atoms with Crippen molar-refractivity contribution >= 4 is 5.91 Å². The Labute approximate surface area is 98.1 Å². The largest absolute Gasteiger partial charge is 0.380 e. The Kier molecular flexibility index (Phi) is 4.74. The number of methoxy groups -OCH3 is 1. The van der Waals surface area contributed by atoms with E-state index in [1.165, 1.54) is 0 Å². The van der Waals surface area contributed by atoms with Gasteiger partial charge in [0, 0.05) is 20.2 Å². The van der Waals surface area contributed by atoms with E-state index in [4.69, 9.17) is 10.5 Å². The van der Waals surface area contributed by atoms with Gasteiger partial charge in [0.05, 0.1) is 11.6 Å². The van der Waals surface area contributed by atoms with Crippen molar-refractivity contribution in [2.75, 3.05) is 20.2 Å². The first-order valence-corrected chi connectivity index (χ1v) is 6.12. The van der Waals surface area contributed by atoms with Crippen molar-refractivity contribution in [3.8, 4) is 0 Å². The summed E-state index contributed by atoms with van der Waals surface area (Å²) in [5.41, 5.74) is 5.34. The van der Waals surface area contributed by atoms with Crippen LogP contribution in [0.3, 0.4) is 0 Å². The highest BCUT2D eigenvalue weighted by atomic mass is 16.5. The molecule has 94 valence electrons. The third-order valence-corrected chi connectivity index (χ3v) is 3.26. The minimum atomic E-state index is -0.718. The van der Waals surface area contributed by atoms with Gasteiger partial charge in [0.2, 0.25) is 5.91 Å². The summed E-state index contributed by atoms with van der Waals surface area (Å²) in [7, 11) is 1.70. The molecule has 0 aromatic heterocycles. The number of nitrogens with two attached hydrogens (primary N) is 1. The molecule has 4 nitrogen and oxygen atoms in total. The molecule has 0 radical (unpaired) electrons. The molecule has 2 unspecified atom stereocenters. The second-order valence-corrected chi connectivity index (χ2v) is 4.92. The van der Waals surface area contributed by atoms with E-state index in [1.807, 2.05) is 18.7 Å². The summed E-state index contributed by atoms with van der Waals surface area (Å²) in [6, 6.07) is 0. The molecule has 0 saturated carbocycles. The normalized spacial score (nSPS) is 25.2. The first-order chi connectivity index (χ1) is 7.51. The van der Waals surface area contributed by atoms with Crippen LogP contribution in [0.1, 0.15) is 39.5 Å². The molecule has 1 saturated heterocycles. The zero-order valence-electron chi connectivity index (χ0n) is 10.7. The van der Waals surface area contributed by atoms with Gasteiger partial charge >= 0.3 is 0 Å². The Balaban J connectivity index is 2.59. The first-order valence-electron chi connectivity index (χ1n) is 6.12. The van der Waals surface area contributed by atoms with E-state index in [2.05, 4.69) is 0 Å². The molecule has 1 aliphatic rings. The van der Waals surface area contributed by atoms with Crippen LogP contribution in [0.5, 0.6) is 0 Å². The number of piperidine rings is 1. The number of likely N-dealkylation sites (tertiary alicyclic amines) is 1. The molecule has 1 fully saturated rings. The smallest absolute Gasteiger partial charge is 0.242 e. The van der Waals surface area contributed by atoms with Gasteiger partial charge in [-0.25, -0.2) is 0 Å². The average Bonchev–Trinajstić information content (AvgIpc) is 2.28.